The number of benzene rings is 2. The Labute approximate surface area is 133 Å². The van der Waals surface area contributed by atoms with Crippen LogP contribution in [0.3, 0.4) is 0 Å². The molecule has 0 saturated carbocycles. The van der Waals surface area contributed by atoms with Crippen LogP contribution in [0.15, 0.2) is 47.6 Å². The summed E-state index contributed by atoms with van der Waals surface area (Å²) in [7, 11) is 3.13. The van der Waals surface area contributed by atoms with Crippen molar-refractivity contribution in [2.24, 2.45) is 5.10 Å². The first-order valence-corrected chi connectivity index (χ1v) is 6.83. The van der Waals surface area contributed by atoms with E-state index >= 15 is 0 Å². The largest absolute Gasteiger partial charge is 0.497 e. The molecule has 0 fully saturated rings. The van der Waals surface area contributed by atoms with Crippen molar-refractivity contribution in [3.8, 4) is 11.5 Å². The summed E-state index contributed by atoms with van der Waals surface area (Å²) in [5, 5.41) is 4.42. The summed E-state index contributed by atoms with van der Waals surface area (Å²) in [6.07, 6.45) is 1.49. The zero-order chi connectivity index (χ0) is 15.9. The highest BCUT2D eigenvalue weighted by Crippen LogP contribution is 2.22. The van der Waals surface area contributed by atoms with Gasteiger partial charge >= 0.3 is 0 Å². The molecule has 0 aliphatic carbocycles. The van der Waals surface area contributed by atoms with Gasteiger partial charge in [-0.2, -0.15) is 5.10 Å². The summed E-state index contributed by atoms with van der Waals surface area (Å²) >= 11 is 5.84. The SMILES string of the molecule is COc1ccc(OC)c(/C=N/NC(=O)c2cccc(Cl)c2)c1. The number of nitrogens with one attached hydrogen (secondary N) is 1. The Bertz CT molecular complexity index is 702. The Balaban J connectivity index is 2.10. The lowest BCUT2D eigenvalue weighted by Gasteiger charge is -2.06. The molecule has 114 valence electrons. The van der Waals surface area contributed by atoms with E-state index in [0.29, 0.717) is 27.6 Å². The zero-order valence-corrected chi connectivity index (χ0v) is 12.9. The van der Waals surface area contributed by atoms with Gasteiger partial charge in [0.25, 0.3) is 5.91 Å². The van der Waals surface area contributed by atoms with Crippen LogP contribution < -0.4 is 14.9 Å². The van der Waals surface area contributed by atoms with Crippen molar-refractivity contribution in [1.82, 2.24) is 5.43 Å². The lowest BCUT2D eigenvalue weighted by Crippen LogP contribution is -2.17. The normalized spacial score (nSPS) is 10.5. The highest BCUT2D eigenvalue weighted by molar-refractivity contribution is 6.30. The van der Waals surface area contributed by atoms with E-state index in [1.807, 2.05) is 0 Å². The van der Waals surface area contributed by atoms with Crippen LogP contribution in [0.5, 0.6) is 11.5 Å². The van der Waals surface area contributed by atoms with Gasteiger partial charge in [0, 0.05) is 16.1 Å². The van der Waals surface area contributed by atoms with E-state index in [4.69, 9.17) is 21.1 Å². The van der Waals surface area contributed by atoms with Crippen LogP contribution in [0.2, 0.25) is 5.02 Å². The highest BCUT2D eigenvalue weighted by atomic mass is 35.5. The predicted molar refractivity (Wildman–Crippen MR) is 86.1 cm³/mol. The third kappa shape index (κ3) is 3.99. The van der Waals surface area contributed by atoms with Crippen molar-refractivity contribution in [1.29, 1.82) is 0 Å². The summed E-state index contributed by atoms with van der Waals surface area (Å²) in [6, 6.07) is 11.9. The molecule has 0 heterocycles. The van der Waals surface area contributed by atoms with Crippen LogP contribution in [-0.2, 0) is 0 Å². The standard InChI is InChI=1S/C16H15ClN2O3/c1-21-14-6-7-15(22-2)12(9-14)10-18-19-16(20)11-4-3-5-13(17)8-11/h3-10H,1-2H3,(H,19,20)/b18-10+. The van der Waals surface area contributed by atoms with Gasteiger partial charge < -0.3 is 9.47 Å². The Kier molecular flexibility index (Phi) is 5.38. The molecule has 22 heavy (non-hydrogen) atoms. The fourth-order valence-electron chi connectivity index (χ4n) is 1.80. The van der Waals surface area contributed by atoms with E-state index in [2.05, 4.69) is 10.5 Å². The second kappa shape index (κ2) is 7.47. The van der Waals surface area contributed by atoms with Crippen LogP contribution in [0.25, 0.3) is 0 Å². The predicted octanol–water partition coefficient (Wildman–Crippen LogP) is 3.12. The Hall–Kier alpha value is -2.53. The van der Waals surface area contributed by atoms with Gasteiger partial charge in [0.05, 0.1) is 20.4 Å². The molecular formula is C16H15ClN2O3. The number of carbonyl (C=O) groups excluding carboxylic acids is 1. The molecule has 0 saturated heterocycles. The van der Waals surface area contributed by atoms with Gasteiger partial charge in [-0.3, -0.25) is 4.79 Å². The zero-order valence-electron chi connectivity index (χ0n) is 12.2. The summed E-state index contributed by atoms with van der Waals surface area (Å²) in [6.45, 7) is 0. The molecule has 0 unspecified atom stereocenters. The summed E-state index contributed by atoms with van der Waals surface area (Å²) in [5.74, 6) is 0.950. The number of hydrazone groups is 1. The minimum atomic E-state index is -0.347. The maximum atomic E-state index is 11.9. The molecule has 0 atom stereocenters. The molecule has 1 N–H and O–H groups in total. The lowest BCUT2D eigenvalue weighted by atomic mass is 10.2. The number of hydrogen-bond acceptors (Lipinski definition) is 4. The molecule has 6 heteroatoms. The van der Waals surface area contributed by atoms with Crippen LogP contribution in [0.4, 0.5) is 0 Å². The fraction of sp³-hybridized carbons (Fsp3) is 0.125. The molecular weight excluding hydrogens is 304 g/mol. The van der Waals surface area contributed by atoms with E-state index in [-0.39, 0.29) is 5.91 Å². The van der Waals surface area contributed by atoms with Crippen molar-refractivity contribution in [2.75, 3.05) is 14.2 Å². The fourth-order valence-corrected chi connectivity index (χ4v) is 1.99. The van der Waals surface area contributed by atoms with Crippen molar-refractivity contribution in [2.45, 2.75) is 0 Å². The first-order valence-electron chi connectivity index (χ1n) is 6.45. The van der Waals surface area contributed by atoms with E-state index in [1.165, 1.54) is 6.21 Å². The van der Waals surface area contributed by atoms with Gasteiger partial charge in [0.2, 0.25) is 0 Å². The lowest BCUT2D eigenvalue weighted by molar-refractivity contribution is 0.0955. The monoisotopic (exact) mass is 318 g/mol. The smallest absolute Gasteiger partial charge is 0.271 e. The number of halogens is 1. The minimum Gasteiger partial charge on any atom is -0.497 e. The first-order chi connectivity index (χ1) is 10.6. The van der Waals surface area contributed by atoms with Gasteiger partial charge in [0.15, 0.2) is 0 Å². The van der Waals surface area contributed by atoms with Crippen molar-refractivity contribution < 1.29 is 14.3 Å². The number of ether oxygens (including phenoxy) is 2. The Morgan fingerprint density at radius 1 is 1.18 bits per heavy atom. The average molecular weight is 319 g/mol. The number of nitrogens with zero attached hydrogens (tertiary/aromatic N) is 1. The molecule has 0 radical (unpaired) electrons. The highest BCUT2D eigenvalue weighted by Gasteiger charge is 2.05. The third-order valence-electron chi connectivity index (χ3n) is 2.89. The molecule has 0 aromatic heterocycles. The van der Waals surface area contributed by atoms with E-state index in [9.17, 15) is 4.79 Å². The Morgan fingerprint density at radius 2 is 2.00 bits per heavy atom. The minimum absolute atomic E-state index is 0.347. The van der Waals surface area contributed by atoms with E-state index in [0.717, 1.165) is 0 Å². The molecule has 1 amide bonds. The van der Waals surface area contributed by atoms with Gasteiger partial charge in [-0.15, -0.1) is 0 Å². The third-order valence-corrected chi connectivity index (χ3v) is 3.13. The molecule has 0 spiro atoms. The number of hydrogen-bond donors (Lipinski definition) is 1. The van der Waals surface area contributed by atoms with E-state index in [1.54, 1.807) is 56.7 Å². The second-order valence-corrected chi connectivity index (χ2v) is 4.75. The van der Waals surface area contributed by atoms with Crippen LogP contribution in [-0.4, -0.2) is 26.3 Å². The van der Waals surface area contributed by atoms with Crippen molar-refractivity contribution in [3.63, 3.8) is 0 Å². The molecule has 2 aromatic rings. The first kappa shape index (κ1) is 15.9. The molecule has 5 nitrogen and oxygen atoms in total. The number of methoxy groups -OCH3 is 2. The van der Waals surface area contributed by atoms with Crippen LogP contribution in [0, 0.1) is 0 Å². The summed E-state index contributed by atoms with van der Waals surface area (Å²) < 4.78 is 10.4. The number of carbonyl (C=O) groups is 1. The number of amides is 1. The molecule has 2 rings (SSSR count). The van der Waals surface area contributed by atoms with Gasteiger partial charge in [-0.25, -0.2) is 5.43 Å². The Morgan fingerprint density at radius 3 is 2.68 bits per heavy atom. The van der Waals surface area contributed by atoms with Gasteiger partial charge in [-0.05, 0) is 36.4 Å². The van der Waals surface area contributed by atoms with Crippen LogP contribution >= 0.6 is 11.6 Å². The van der Waals surface area contributed by atoms with Crippen molar-refractivity contribution in [3.05, 3.63) is 58.6 Å². The molecule has 0 aliphatic heterocycles. The molecule has 0 bridgehead atoms. The molecule has 2 aromatic carbocycles. The number of rotatable bonds is 5. The molecule has 0 aliphatic rings. The maximum absolute atomic E-state index is 11.9. The quantitative estimate of drug-likeness (QED) is 0.680. The maximum Gasteiger partial charge on any atom is 0.271 e. The summed E-state index contributed by atoms with van der Waals surface area (Å²) in [5.41, 5.74) is 3.56. The van der Waals surface area contributed by atoms with Crippen LogP contribution in [0.1, 0.15) is 15.9 Å². The second-order valence-electron chi connectivity index (χ2n) is 4.32. The van der Waals surface area contributed by atoms with Gasteiger partial charge in [-0.1, -0.05) is 17.7 Å². The summed E-state index contributed by atoms with van der Waals surface area (Å²) in [4.78, 5) is 11.9. The average Bonchev–Trinajstić information content (AvgIpc) is 2.54. The van der Waals surface area contributed by atoms with E-state index < -0.39 is 0 Å². The van der Waals surface area contributed by atoms with Crippen molar-refractivity contribution >= 4 is 23.7 Å². The topological polar surface area (TPSA) is 59.9 Å². The van der Waals surface area contributed by atoms with Gasteiger partial charge in [0.1, 0.15) is 11.5 Å².